The molecule has 0 amide bonds. The molecule has 0 fully saturated rings. The van der Waals surface area contributed by atoms with Gasteiger partial charge in [0.15, 0.2) is 0 Å². The number of hydrogen-bond donors (Lipinski definition) is 0. The third-order valence-electron chi connectivity index (χ3n) is 1.23. The molecule has 58 valence electrons. The molecular weight excluding hydrogens is 167 g/mol. The molecule has 0 rings (SSSR count). The summed E-state index contributed by atoms with van der Waals surface area (Å²) in [6, 6.07) is 0. The van der Waals surface area contributed by atoms with Crippen molar-refractivity contribution >= 4 is 23.2 Å². The van der Waals surface area contributed by atoms with E-state index in [1.54, 1.807) is 0 Å². The molecule has 0 aliphatic rings. The number of rotatable bonds is 3. The monoisotopic (exact) mass is 178 g/mol. The fourth-order valence-corrected chi connectivity index (χ4v) is 0.716. The van der Waals surface area contributed by atoms with E-state index in [-0.39, 0.29) is 0 Å². The highest BCUT2D eigenvalue weighted by molar-refractivity contribution is 6.30. The molecule has 0 aromatic carbocycles. The van der Waals surface area contributed by atoms with Crippen LogP contribution in [0.25, 0.3) is 0 Å². The molecule has 0 unspecified atom stereocenters. The van der Waals surface area contributed by atoms with E-state index in [1.165, 1.54) is 0 Å². The van der Waals surface area contributed by atoms with Crippen LogP contribution >= 0.6 is 23.2 Å². The highest BCUT2D eigenvalue weighted by Crippen LogP contribution is 2.16. The zero-order chi connectivity index (χ0) is 7.98. The summed E-state index contributed by atoms with van der Waals surface area (Å²) in [4.78, 5) is 0. The largest absolute Gasteiger partial charge is 0.0895 e. The summed E-state index contributed by atoms with van der Waals surface area (Å²) in [7, 11) is 0. The smallest absolute Gasteiger partial charge is 0.0142 e. The van der Waals surface area contributed by atoms with Crippen LogP contribution in [0.4, 0.5) is 0 Å². The van der Waals surface area contributed by atoms with Gasteiger partial charge < -0.3 is 0 Å². The lowest BCUT2D eigenvalue weighted by molar-refractivity contribution is 1.01. The predicted molar refractivity (Wildman–Crippen MR) is 48.5 cm³/mol. The lowest BCUT2D eigenvalue weighted by Gasteiger charge is -1.95. The maximum atomic E-state index is 5.74. The molecule has 0 saturated carbocycles. The van der Waals surface area contributed by atoms with Gasteiger partial charge in [-0.3, -0.25) is 0 Å². The van der Waals surface area contributed by atoms with Crippen LogP contribution in [-0.2, 0) is 0 Å². The summed E-state index contributed by atoms with van der Waals surface area (Å²) in [5.74, 6) is 0. The van der Waals surface area contributed by atoms with Crippen LogP contribution in [0, 0.1) is 0 Å². The maximum absolute atomic E-state index is 5.74. The fraction of sp³-hybridized carbons (Fsp3) is 0.500. The lowest BCUT2D eigenvalue weighted by Crippen LogP contribution is -1.74. The molecule has 0 aliphatic heterocycles. The first-order valence-corrected chi connectivity index (χ1v) is 4.07. The standard InChI is InChI=1S/C8H12Cl2/c1-3-7(9)5-6-8(10)4-2/h3-4H,5-6H2,1-2H3. The predicted octanol–water partition coefficient (Wildman–Crippen LogP) is 4.05. The van der Waals surface area contributed by atoms with Crippen molar-refractivity contribution in [2.75, 3.05) is 0 Å². The average molecular weight is 179 g/mol. The van der Waals surface area contributed by atoms with Crippen molar-refractivity contribution in [1.82, 2.24) is 0 Å². The molecule has 0 nitrogen and oxygen atoms in total. The van der Waals surface area contributed by atoms with E-state index in [2.05, 4.69) is 0 Å². The minimum atomic E-state index is 0.848. The number of hydrogen-bond acceptors (Lipinski definition) is 0. The highest BCUT2D eigenvalue weighted by Gasteiger charge is 1.93. The summed E-state index contributed by atoms with van der Waals surface area (Å²) >= 11 is 11.5. The van der Waals surface area contributed by atoms with Crippen molar-refractivity contribution in [3.8, 4) is 0 Å². The van der Waals surface area contributed by atoms with Crippen molar-refractivity contribution in [3.63, 3.8) is 0 Å². The van der Waals surface area contributed by atoms with Crippen LogP contribution in [0.15, 0.2) is 22.2 Å². The first kappa shape index (κ1) is 10.1. The van der Waals surface area contributed by atoms with Crippen LogP contribution in [0.2, 0.25) is 0 Å². The molecule has 0 radical (unpaired) electrons. The Hall–Kier alpha value is 0.0600. The van der Waals surface area contributed by atoms with Gasteiger partial charge >= 0.3 is 0 Å². The molecular formula is C8H12Cl2. The molecule has 0 atom stereocenters. The summed E-state index contributed by atoms with van der Waals surface area (Å²) in [6.45, 7) is 3.85. The van der Waals surface area contributed by atoms with Crippen molar-refractivity contribution in [2.24, 2.45) is 0 Å². The van der Waals surface area contributed by atoms with Gasteiger partial charge in [-0.05, 0) is 26.7 Å². The van der Waals surface area contributed by atoms with Crippen molar-refractivity contribution in [2.45, 2.75) is 26.7 Å². The molecule has 0 aliphatic carbocycles. The van der Waals surface area contributed by atoms with Gasteiger partial charge in [0, 0.05) is 10.1 Å². The van der Waals surface area contributed by atoms with Crippen molar-refractivity contribution in [3.05, 3.63) is 22.2 Å². The summed E-state index contributed by atoms with van der Waals surface area (Å²) in [5, 5.41) is 1.75. The van der Waals surface area contributed by atoms with Gasteiger partial charge in [0.1, 0.15) is 0 Å². The molecule has 0 aromatic rings. The van der Waals surface area contributed by atoms with Gasteiger partial charge in [0.2, 0.25) is 0 Å². The third kappa shape index (κ3) is 4.89. The van der Waals surface area contributed by atoms with Crippen molar-refractivity contribution < 1.29 is 0 Å². The molecule has 0 aromatic heterocycles. The Morgan fingerprint density at radius 3 is 1.50 bits per heavy atom. The minimum absolute atomic E-state index is 0.848. The Labute approximate surface area is 72.5 Å². The van der Waals surface area contributed by atoms with E-state index in [1.807, 2.05) is 26.0 Å². The van der Waals surface area contributed by atoms with Crippen LogP contribution < -0.4 is 0 Å². The van der Waals surface area contributed by atoms with E-state index in [9.17, 15) is 0 Å². The quantitative estimate of drug-likeness (QED) is 0.612. The first-order valence-electron chi connectivity index (χ1n) is 3.32. The van der Waals surface area contributed by atoms with Crippen LogP contribution in [-0.4, -0.2) is 0 Å². The molecule has 2 heteroatoms. The van der Waals surface area contributed by atoms with Gasteiger partial charge in [-0.1, -0.05) is 35.4 Å². The molecule has 10 heavy (non-hydrogen) atoms. The first-order chi connectivity index (χ1) is 4.70. The zero-order valence-corrected chi connectivity index (χ0v) is 7.84. The van der Waals surface area contributed by atoms with Gasteiger partial charge in [0.25, 0.3) is 0 Å². The summed E-state index contributed by atoms with van der Waals surface area (Å²) < 4.78 is 0. The molecule has 0 bridgehead atoms. The van der Waals surface area contributed by atoms with Crippen LogP contribution in [0.3, 0.4) is 0 Å². The van der Waals surface area contributed by atoms with E-state index < -0.39 is 0 Å². The lowest BCUT2D eigenvalue weighted by atomic mass is 10.2. The van der Waals surface area contributed by atoms with Crippen molar-refractivity contribution in [1.29, 1.82) is 0 Å². The average Bonchev–Trinajstić information content (AvgIpc) is 1.99. The fourth-order valence-electron chi connectivity index (χ4n) is 0.528. The van der Waals surface area contributed by atoms with E-state index in [4.69, 9.17) is 23.2 Å². The van der Waals surface area contributed by atoms with Crippen LogP contribution in [0.5, 0.6) is 0 Å². The Kier molecular flexibility index (Phi) is 5.85. The van der Waals surface area contributed by atoms with Crippen LogP contribution in [0.1, 0.15) is 26.7 Å². The Bertz CT molecular complexity index is 127. The Morgan fingerprint density at radius 2 is 1.30 bits per heavy atom. The van der Waals surface area contributed by atoms with Gasteiger partial charge in [-0.2, -0.15) is 0 Å². The normalized spacial score (nSPS) is 14.0. The number of allylic oxidation sites excluding steroid dienone is 4. The second kappa shape index (κ2) is 5.82. The summed E-state index contributed by atoms with van der Waals surface area (Å²) in [5.41, 5.74) is 0. The minimum Gasteiger partial charge on any atom is -0.0895 e. The second-order valence-corrected chi connectivity index (χ2v) is 2.94. The number of halogens is 2. The van der Waals surface area contributed by atoms with E-state index >= 15 is 0 Å². The zero-order valence-electron chi connectivity index (χ0n) is 6.32. The SMILES string of the molecule is CC=C(Cl)CCC(Cl)=CC. The van der Waals surface area contributed by atoms with E-state index in [0.29, 0.717) is 0 Å². The molecule has 0 N–H and O–H groups in total. The molecule has 0 spiro atoms. The van der Waals surface area contributed by atoms with Gasteiger partial charge in [0.05, 0.1) is 0 Å². The maximum Gasteiger partial charge on any atom is 0.0142 e. The Morgan fingerprint density at radius 1 is 1.00 bits per heavy atom. The third-order valence-corrected chi connectivity index (χ3v) is 2.04. The highest BCUT2D eigenvalue weighted by atomic mass is 35.5. The van der Waals surface area contributed by atoms with Gasteiger partial charge in [-0.25, -0.2) is 0 Å². The molecule has 0 heterocycles. The topological polar surface area (TPSA) is 0 Å². The Balaban J connectivity index is 3.56. The van der Waals surface area contributed by atoms with Gasteiger partial charge in [-0.15, -0.1) is 0 Å². The second-order valence-electron chi connectivity index (χ2n) is 1.97. The molecule has 0 saturated heterocycles. The van der Waals surface area contributed by atoms with E-state index in [0.717, 1.165) is 22.9 Å². The summed E-state index contributed by atoms with van der Waals surface area (Å²) in [6.07, 6.45) is 5.48.